The molecule has 0 spiro atoms. The van der Waals surface area contributed by atoms with Gasteiger partial charge in [0.15, 0.2) is 5.78 Å². The average molecular weight is 415 g/mol. The Balaban J connectivity index is 2.02. The number of Topliss-reactive ketones (excluding diaryl/α,β-unsaturated/α-hetero) is 1. The molecule has 6 N–H and O–H groups in total. The predicted octanol–water partition coefficient (Wildman–Crippen LogP) is 2.00. The van der Waals surface area contributed by atoms with Crippen LogP contribution in [0.5, 0.6) is 0 Å². The zero-order valence-corrected chi connectivity index (χ0v) is 16.5. The highest BCUT2D eigenvalue weighted by Gasteiger charge is 2.23. The Hall–Kier alpha value is -3.47. The number of aromatic nitrogens is 1. The lowest BCUT2D eigenvalue weighted by Gasteiger charge is -2.21. The van der Waals surface area contributed by atoms with E-state index in [4.69, 9.17) is 11.1 Å². The molecule has 1 aromatic carbocycles. The standard InChI is InChI=1S/C19H25N7O4/c1-11(27)24-13(8-12-9-22-15-5-3-2-4-14(12)15)10-23-16(19(29)30)6-7-17(28)18(25-20)26-21/h2-5,9,13,16,18,20-23H,6-8,10H2,1H3,(H,24,27)(H,29,30)/t13-,16-,18?/m1/s1. The Morgan fingerprint density at radius 1 is 1.20 bits per heavy atom. The fourth-order valence-electron chi connectivity index (χ4n) is 3.21. The number of carbonyl (C=O) groups is 3. The van der Waals surface area contributed by atoms with Gasteiger partial charge < -0.3 is 20.7 Å². The molecule has 0 aliphatic heterocycles. The largest absolute Gasteiger partial charge is 0.480 e. The number of hydrogen-bond acceptors (Lipinski definition) is 8. The lowest BCUT2D eigenvalue weighted by atomic mass is 10.0. The van der Waals surface area contributed by atoms with E-state index in [9.17, 15) is 19.5 Å². The molecule has 0 bridgehead atoms. The van der Waals surface area contributed by atoms with Crippen LogP contribution in [0.2, 0.25) is 0 Å². The van der Waals surface area contributed by atoms with Crippen molar-refractivity contribution in [2.75, 3.05) is 6.54 Å². The summed E-state index contributed by atoms with van der Waals surface area (Å²) in [4.78, 5) is 38.2. The number of rotatable bonds is 13. The molecule has 1 aromatic heterocycles. The molecule has 2 rings (SSSR count). The number of aromatic amines is 1. The number of benzene rings is 1. The molecule has 160 valence electrons. The third-order valence-electron chi connectivity index (χ3n) is 4.67. The summed E-state index contributed by atoms with van der Waals surface area (Å²) in [7, 11) is 0. The van der Waals surface area contributed by atoms with Gasteiger partial charge in [-0.15, -0.1) is 0 Å². The van der Waals surface area contributed by atoms with Gasteiger partial charge in [0, 0.05) is 43.0 Å². The molecule has 2 aromatic rings. The highest BCUT2D eigenvalue weighted by atomic mass is 16.4. The molecule has 0 radical (unpaired) electrons. The third-order valence-corrected chi connectivity index (χ3v) is 4.67. The molecule has 30 heavy (non-hydrogen) atoms. The number of amides is 1. The maximum atomic E-state index is 11.8. The lowest BCUT2D eigenvalue weighted by Crippen LogP contribution is -2.47. The van der Waals surface area contributed by atoms with Crippen molar-refractivity contribution >= 4 is 28.6 Å². The van der Waals surface area contributed by atoms with E-state index in [1.807, 2.05) is 30.5 Å². The zero-order valence-electron chi connectivity index (χ0n) is 16.5. The molecule has 0 aliphatic rings. The van der Waals surface area contributed by atoms with Crippen molar-refractivity contribution in [3.8, 4) is 0 Å². The monoisotopic (exact) mass is 415 g/mol. The van der Waals surface area contributed by atoms with Crippen LogP contribution in [0.1, 0.15) is 25.3 Å². The smallest absolute Gasteiger partial charge is 0.320 e. The number of nitrogens with zero attached hydrogens (tertiary/aromatic N) is 2. The maximum absolute atomic E-state index is 11.8. The van der Waals surface area contributed by atoms with Crippen LogP contribution in [0.25, 0.3) is 10.9 Å². The SMILES string of the molecule is CC(=O)N[C@@H](CN[C@H](CCC(=O)C(N=N)N=N)C(=O)O)Cc1c[nH]c2ccccc12. The molecule has 0 unspecified atom stereocenters. The van der Waals surface area contributed by atoms with Crippen LogP contribution in [0.3, 0.4) is 0 Å². The van der Waals surface area contributed by atoms with Gasteiger partial charge in [-0.3, -0.25) is 14.4 Å². The van der Waals surface area contributed by atoms with E-state index >= 15 is 0 Å². The summed E-state index contributed by atoms with van der Waals surface area (Å²) in [6, 6.07) is 6.35. The maximum Gasteiger partial charge on any atom is 0.320 e. The summed E-state index contributed by atoms with van der Waals surface area (Å²) in [5.41, 5.74) is 15.6. The van der Waals surface area contributed by atoms with Crippen molar-refractivity contribution in [3.05, 3.63) is 36.0 Å². The normalized spacial score (nSPS) is 13.9. The van der Waals surface area contributed by atoms with Crippen molar-refractivity contribution in [2.45, 2.75) is 44.4 Å². The van der Waals surface area contributed by atoms with Crippen molar-refractivity contribution in [1.29, 1.82) is 11.1 Å². The van der Waals surface area contributed by atoms with Gasteiger partial charge in [-0.2, -0.15) is 10.2 Å². The number of para-hydroxylation sites is 1. The van der Waals surface area contributed by atoms with E-state index in [2.05, 4.69) is 25.8 Å². The molecule has 11 nitrogen and oxygen atoms in total. The van der Waals surface area contributed by atoms with Crippen molar-refractivity contribution < 1.29 is 19.5 Å². The summed E-state index contributed by atoms with van der Waals surface area (Å²) in [6.07, 6.45) is 0.692. The van der Waals surface area contributed by atoms with Gasteiger partial charge in [0.2, 0.25) is 12.1 Å². The first-order valence-corrected chi connectivity index (χ1v) is 9.39. The second-order valence-electron chi connectivity index (χ2n) is 6.90. The minimum Gasteiger partial charge on any atom is -0.480 e. The van der Waals surface area contributed by atoms with Gasteiger partial charge in [0.25, 0.3) is 0 Å². The van der Waals surface area contributed by atoms with Gasteiger partial charge in [0.1, 0.15) is 6.04 Å². The number of fused-ring (bicyclic) bond motifs is 1. The van der Waals surface area contributed by atoms with Crippen molar-refractivity contribution in [2.24, 2.45) is 10.2 Å². The molecular weight excluding hydrogens is 390 g/mol. The molecule has 1 heterocycles. The predicted molar refractivity (Wildman–Crippen MR) is 107 cm³/mol. The molecule has 0 aliphatic carbocycles. The number of carbonyl (C=O) groups excluding carboxylic acids is 2. The fraction of sp³-hybridized carbons (Fsp3) is 0.421. The minimum absolute atomic E-state index is 0.0460. The number of carboxylic acid groups (broad SMARTS) is 1. The van der Waals surface area contributed by atoms with Gasteiger partial charge in [-0.1, -0.05) is 18.2 Å². The minimum atomic E-state index is -1.42. The zero-order chi connectivity index (χ0) is 22.1. The third kappa shape index (κ3) is 6.27. The molecule has 0 saturated carbocycles. The van der Waals surface area contributed by atoms with Crippen molar-refractivity contribution in [1.82, 2.24) is 15.6 Å². The summed E-state index contributed by atoms with van der Waals surface area (Å²) in [5, 5.41) is 22.0. The highest BCUT2D eigenvalue weighted by molar-refractivity contribution is 5.85. The van der Waals surface area contributed by atoms with E-state index < -0.39 is 24.0 Å². The van der Waals surface area contributed by atoms with Gasteiger partial charge >= 0.3 is 5.97 Å². The number of nitrogens with one attached hydrogen (secondary N) is 5. The molecule has 1 amide bonds. The van der Waals surface area contributed by atoms with E-state index in [1.54, 1.807) is 0 Å². The summed E-state index contributed by atoms with van der Waals surface area (Å²) in [6.45, 7) is 1.57. The average Bonchev–Trinajstić information content (AvgIpc) is 3.11. The van der Waals surface area contributed by atoms with Gasteiger partial charge in [0.05, 0.1) is 0 Å². The van der Waals surface area contributed by atoms with Gasteiger partial charge in [-0.05, 0) is 24.5 Å². The number of ketones is 1. The molecule has 0 saturated heterocycles. The van der Waals surface area contributed by atoms with E-state index in [-0.39, 0.29) is 31.3 Å². The number of carboxylic acids is 1. The Morgan fingerprint density at radius 3 is 2.53 bits per heavy atom. The van der Waals surface area contributed by atoms with E-state index in [0.717, 1.165) is 16.5 Å². The first-order chi connectivity index (χ1) is 14.3. The van der Waals surface area contributed by atoms with E-state index in [0.29, 0.717) is 6.42 Å². The Labute approximate surface area is 172 Å². The molecule has 2 atom stereocenters. The van der Waals surface area contributed by atoms with Crippen LogP contribution in [0.15, 0.2) is 40.7 Å². The Morgan fingerprint density at radius 2 is 1.90 bits per heavy atom. The molecule has 11 heteroatoms. The first kappa shape index (κ1) is 22.8. The molecular formula is C19H25N7O4. The number of hydrogen-bond donors (Lipinski definition) is 6. The summed E-state index contributed by atoms with van der Waals surface area (Å²) in [5.74, 6) is -1.97. The van der Waals surface area contributed by atoms with Crippen LogP contribution in [-0.2, 0) is 20.8 Å². The molecule has 0 fully saturated rings. The van der Waals surface area contributed by atoms with Crippen LogP contribution < -0.4 is 10.6 Å². The number of H-pyrrole nitrogens is 1. The second kappa shape index (κ2) is 10.9. The second-order valence-corrected chi connectivity index (χ2v) is 6.90. The fourth-order valence-corrected chi connectivity index (χ4v) is 3.21. The first-order valence-electron chi connectivity index (χ1n) is 9.39. The Kier molecular flexibility index (Phi) is 8.29. The number of aliphatic carboxylic acids is 1. The van der Waals surface area contributed by atoms with Crippen LogP contribution >= 0.6 is 0 Å². The highest BCUT2D eigenvalue weighted by Crippen LogP contribution is 2.19. The topological polar surface area (TPSA) is 184 Å². The quantitative estimate of drug-likeness (QED) is 0.273. The summed E-state index contributed by atoms with van der Waals surface area (Å²) < 4.78 is 0. The van der Waals surface area contributed by atoms with Gasteiger partial charge in [-0.25, -0.2) is 11.1 Å². The van der Waals surface area contributed by atoms with Crippen LogP contribution in [-0.4, -0.2) is 52.5 Å². The van der Waals surface area contributed by atoms with Crippen LogP contribution in [0.4, 0.5) is 0 Å². The van der Waals surface area contributed by atoms with E-state index in [1.165, 1.54) is 6.92 Å². The Bertz CT molecular complexity index is 918. The van der Waals surface area contributed by atoms with Crippen LogP contribution in [0, 0.1) is 11.1 Å². The lowest BCUT2D eigenvalue weighted by molar-refractivity contribution is -0.139. The summed E-state index contributed by atoms with van der Waals surface area (Å²) >= 11 is 0. The van der Waals surface area contributed by atoms with Crippen molar-refractivity contribution in [3.63, 3.8) is 0 Å².